The molecule has 1 aliphatic rings. The van der Waals surface area contributed by atoms with Gasteiger partial charge >= 0.3 is 5.97 Å². The number of hydrogen-bond donors (Lipinski definition) is 1. The van der Waals surface area contributed by atoms with Gasteiger partial charge in [0.2, 0.25) is 0 Å². The maximum Gasteiger partial charge on any atom is 0.348 e. The van der Waals surface area contributed by atoms with Gasteiger partial charge in [-0.3, -0.25) is 4.79 Å². The van der Waals surface area contributed by atoms with Crippen molar-refractivity contribution >= 4 is 28.9 Å². The molecule has 0 bridgehead atoms. The minimum absolute atomic E-state index is 0.156. The number of para-hydroxylation sites is 1. The van der Waals surface area contributed by atoms with Crippen molar-refractivity contribution in [3.63, 3.8) is 0 Å². The van der Waals surface area contributed by atoms with Crippen LogP contribution >= 0.6 is 11.3 Å². The van der Waals surface area contributed by atoms with Crippen molar-refractivity contribution in [3.8, 4) is 10.4 Å². The van der Waals surface area contributed by atoms with Crippen LogP contribution in [-0.4, -0.2) is 23.5 Å². The Hall–Kier alpha value is -2.99. The minimum Gasteiger partial charge on any atom is -0.477 e. The molecule has 1 aromatic heterocycles. The van der Waals surface area contributed by atoms with Crippen LogP contribution in [0.3, 0.4) is 0 Å². The Balaban J connectivity index is 1.83. The molecule has 2 aromatic carbocycles. The molecule has 0 saturated heterocycles. The Kier molecular flexibility index (Phi) is 4.28. The average Bonchev–Trinajstić information content (AvgIpc) is 2.90. The van der Waals surface area contributed by atoms with E-state index in [9.17, 15) is 19.1 Å². The number of carboxylic acids is 1. The first-order chi connectivity index (χ1) is 13.0. The molecule has 6 heteroatoms. The molecular weight excluding hydrogens is 365 g/mol. The van der Waals surface area contributed by atoms with Crippen molar-refractivity contribution in [2.24, 2.45) is 0 Å². The minimum atomic E-state index is -1.27. The van der Waals surface area contributed by atoms with Gasteiger partial charge in [-0.2, -0.15) is 0 Å². The first-order valence-electron chi connectivity index (χ1n) is 8.49. The quantitative estimate of drug-likeness (QED) is 0.696. The van der Waals surface area contributed by atoms with E-state index in [0.717, 1.165) is 16.9 Å². The van der Waals surface area contributed by atoms with Crippen LogP contribution in [0.1, 0.15) is 31.2 Å². The number of aryl methyl sites for hydroxylation is 1. The van der Waals surface area contributed by atoms with Crippen LogP contribution in [0.2, 0.25) is 0 Å². The summed E-state index contributed by atoms with van der Waals surface area (Å²) in [6, 6.07) is 14.6. The standard InChI is InChI=1S/C21H16FNO3S/c1-12-6-8-13(9-7-12)20(24)23-11-10-15-17(22)19(21(25)26)27-18(15)14-4-2-3-5-16(14)23/h2-9H,10-11H2,1H3,(H,25,26). The molecule has 4 nitrogen and oxygen atoms in total. The second kappa shape index (κ2) is 6.63. The van der Waals surface area contributed by atoms with E-state index in [-0.39, 0.29) is 23.7 Å². The highest BCUT2D eigenvalue weighted by Crippen LogP contribution is 2.43. The summed E-state index contributed by atoms with van der Waals surface area (Å²) in [5.74, 6) is -2.12. The van der Waals surface area contributed by atoms with Crippen molar-refractivity contribution in [1.82, 2.24) is 0 Å². The summed E-state index contributed by atoms with van der Waals surface area (Å²) in [6.07, 6.45) is 0.261. The lowest BCUT2D eigenvalue weighted by atomic mass is 10.1. The lowest BCUT2D eigenvalue weighted by Gasteiger charge is -2.23. The molecule has 1 aliphatic heterocycles. The van der Waals surface area contributed by atoms with Crippen molar-refractivity contribution in [3.05, 3.63) is 75.9 Å². The normalized spacial score (nSPS) is 12.9. The molecule has 1 amide bonds. The van der Waals surface area contributed by atoms with Crippen LogP contribution in [0, 0.1) is 12.7 Å². The van der Waals surface area contributed by atoms with Crippen molar-refractivity contribution in [2.75, 3.05) is 11.4 Å². The van der Waals surface area contributed by atoms with Gasteiger partial charge in [0.1, 0.15) is 4.88 Å². The van der Waals surface area contributed by atoms with E-state index in [0.29, 0.717) is 27.3 Å². The molecular formula is C21H16FNO3S. The fraction of sp³-hybridized carbons (Fsp3) is 0.143. The van der Waals surface area contributed by atoms with E-state index >= 15 is 0 Å². The number of fused-ring (bicyclic) bond motifs is 3. The van der Waals surface area contributed by atoms with Crippen LogP contribution in [0.15, 0.2) is 48.5 Å². The Morgan fingerprint density at radius 1 is 1.11 bits per heavy atom. The van der Waals surface area contributed by atoms with Crippen molar-refractivity contribution in [2.45, 2.75) is 13.3 Å². The van der Waals surface area contributed by atoms with Crippen LogP contribution in [0.25, 0.3) is 10.4 Å². The van der Waals surface area contributed by atoms with E-state index in [1.807, 2.05) is 31.2 Å². The number of rotatable bonds is 2. The van der Waals surface area contributed by atoms with E-state index in [2.05, 4.69) is 0 Å². The Labute approximate surface area is 159 Å². The van der Waals surface area contributed by atoms with Crippen LogP contribution in [0.5, 0.6) is 0 Å². The van der Waals surface area contributed by atoms with Crippen LogP contribution in [-0.2, 0) is 6.42 Å². The largest absolute Gasteiger partial charge is 0.477 e. The fourth-order valence-electron chi connectivity index (χ4n) is 3.33. The number of carbonyl (C=O) groups excluding carboxylic acids is 1. The molecule has 0 unspecified atom stereocenters. The average molecular weight is 381 g/mol. The zero-order valence-electron chi connectivity index (χ0n) is 14.5. The lowest BCUT2D eigenvalue weighted by Crippen LogP contribution is -2.32. The number of halogens is 1. The summed E-state index contributed by atoms with van der Waals surface area (Å²) >= 11 is 0.925. The third-order valence-corrected chi connectivity index (χ3v) is 5.93. The highest BCUT2D eigenvalue weighted by Gasteiger charge is 2.30. The van der Waals surface area contributed by atoms with Gasteiger partial charge in [-0.1, -0.05) is 35.9 Å². The zero-order chi connectivity index (χ0) is 19.1. The number of thiophene rings is 1. The van der Waals surface area contributed by atoms with Gasteiger partial charge in [0.05, 0.1) is 5.69 Å². The topological polar surface area (TPSA) is 57.6 Å². The summed E-state index contributed by atoms with van der Waals surface area (Å²) in [4.78, 5) is 26.4. The maximum absolute atomic E-state index is 14.7. The third kappa shape index (κ3) is 2.92. The van der Waals surface area contributed by atoms with Gasteiger partial charge < -0.3 is 10.0 Å². The molecule has 136 valence electrons. The lowest BCUT2D eigenvalue weighted by molar-refractivity contribution is 0.0697. The Morgan fingerprint density at radius 3 is 2.52 bits per heavy atom. The Bertz CT molecular complexity index is 1060. The number of hydrogen-bond acceptors (Lipinski definition) is 3. The van der Waals surface area contributed by atoms with Gasteiger partial charge in [0.25, 0.3) is 5.91 Å². The van der Waals surface area contributed by atoms with Crippen LogP contribution < -0.4 is 4.90 Å². The molecule has 0 spiro atoms. The monoisotopic (exact) mass is 381 g/mol. The number of nitrogens with zero attached hydrogens (tertiary/aromatic N) is 1. The first-order valence-corrected chi connectivity index (χ1v) is 9.31. The smallest absolute Gasteiger partial charge is 0.348 e. The predicted molar refractivity (Wildman–Crippen MR) is 103 cm³/mol. The highest BCUT2D eigenvalue weighted by atomic mass is 32.1. The van der Waals surface area contributed by atoms with E-state index in [1.165, 1.54) is 0 Å². The molecule has 0 saturated carbocycles. The summed E-state index contributed by atoms with van der Waals surface area (Å²) in [5, 5.41) is 9.25. The number of benzene rings is 2. The SMILES string of the molecule is Cc1ccc(C(=O)N2CCc3c(sc(C(=O)O)c3F)-c3ccccc32)cc1. The van der Waals surface area contributed by atoms with E-state index in [4.69, 9.17) is 0 Å². The molecule has 27 heavy (non-hydrogen) atoms. The van der Waals surface area contributed by atoms with E-state index in [1.54, 1.807) is 29.2 Å². The maximum atomic E-state index is 14.7. The molecule has 4 rings (SSSR count). The molecule has 3 aromatic rings. The summed E-state index contributed by atoms with van der Waals surface area (Å²) in [5.41, 5.74) is 3.34. The highest BCUT2D eigenvalue weighted by molar-refractivity contribution is 7.17. The molecule has 1 N–H and O–H groups in total. The second-order valence-corrected chi connectivity index (χ2v) is 7.47. The fourth-order valence-corrected chi connectivity index (χ4v) is 4.43. The number of aromatic carboxylic acids is 1. The number of amides is 1. The number of anilines is 1. The van der Waals surface area contributed by atoms with Crippen molar-refractivity contribution in [1.29, 1.82) is 0 Å². The zero-order valence-corrected chi connectivity index (χ0v) is 15.3. The van der Waals surface area contributed by atoms with E-state index < -0.39 is 11.8 Å². The Morgan fingerprint density at radius 2 is 1.81 bits per heavy atom. The summed E-state index contributed by atoms with van der Waals surface area (Å²) in [6.45, 7) is 2.24. The second-order valence-electron chi connectivity index (χ2n) is 6.45. The van der Waals surface area contributed by atoms with Crippen LogP contribution in [0.4, 0.5) is 10.1 Å². The molecule has 0 fully saturated rings. The van der Waals surface area contributed by atoms with Crippen molar-refractivity contribution < 1.29 is 19.1 Å². The third-order valence-electron chi connectivity index (χ3n) is 4.71. The van der Waals surface area contributed by atoms with Gasteiger partial charge in [-0.15, -0.1) is 11.3 Å². The van der Waals surface area contributed by atoms with Gasteiger partial charge in [-0.25, -0.2) is 9.18 Å². The number of carbonyl (C=O) groups is 2. The van der Waals surface area contributed by atoms with Gasteiger partial charge in [-0.05, 0) is 31.5 Å². The summed E-state index contributed by atoms with van der Waals surface area (Å²) < 4.78 is 14.7. The molecule has 0 radical (unpaired) electrons. The summed E-state index contributed by atoms with van der Waals surface area (Å²) in [7, 11) is 0. The predicted octanol–water partition coefficient (Wildman–Crippen LogP) is 4.76. The molecule has 0 atom stereocenters. The first kappa shape index (κ1) is 17.4. The van der Waals surface area contributed by atoms with Gasteiger partial charge in [0, 0.05) is 28.1 Å². The van der Waals surface area contributed by atoms with Gasteiger partial charge in [0.15, 0.2) is 5.82 Å². The number of carboxylic acid groups (broad SMARTS) is 1. The molecule has 2 heterocycles. The molecule has 0 aliphatic carbocycles.